The van der Waals surface area contributed by atoms with Gasteiger partial charge in [-0.05, 0) is 50.2 Å². The first-order valence-electron chi connectivity index (χ1n) is 9.20. The first kappa shape index (κ1) is 20.5. The molecular weight excluding hydrogens is 425 g/mol. The van der Waals surface area contributed by atoms with E-state index in [4.69, 9.17) is 4.52 Å². The predicted molar refractivity (Wildman–Crippen MR) is 111 cm³/mol. The maximum atomic E-state index is 13.3. The van der Waals surface area contributed by atoms with Crippen molar-refractivity contribution in [2.75, 3.05) is 10.0 Å². The van der Waals surface area contributed by atoms with E-state index in [-0.39, 0.29) is 23.1 Å². The number of hydrogen-bond acceptors (Lipinski definition) is 6. The van der Waals surface area contributed by atoms with Gasteiger partial charge in [0.2, 0.25) is 11.8 Å². The van der Waals surface area contributed by atoms with Crippen molar-refractivity contribution in [1.29, 1.82) is 0 Å². The Morgan fingerprint density at radius 1 is 1.13 bits per heavy atom. The smallest absolute Gasteiger partial charge is 0.264 e. The zero-order chi connectivity index (χ0) is 22.2. The highest BCUT2D eigenvalue weighted by molar-refractivity contribution is 7.92. The second kappa shape index (κ2) is 7.84. The van der Waals surface area contributed by atoms with Crippen LogP contribution in [0.4, 0.5) is 16.0 Å². The number of benzene rings is 1. The van der Waals surface area contributed by atoms with Crippen LogP contribution in [0.25, 0.3) is 5.65 Å². The van der Waals surface area contributed by atoms with Gasteiger partial charge >= 0.3 is 0 Å². The summed E-state index contributed by atoms with van der Waals surface area (Å²) < 4.78 is 47.2. The molecule has 31 heavy (non-hydrogen) atoms. The SMILES string of the molecule is Cc1noc(NS(=O)(=O)c2ccc(NC(=O)Cc3cn4cc(F)ccc4n3)cc2)c1C. The molecule has 3 aromatic heterocycles. The van der Waals surface area contributed by atoms with E-state index in [1.165, 1.54) is 47.0 Å². The summed E-state index contributed by atoms with van der Waals surface area (Å²) in [4.78, 5) is 16.6. The Hall–Kier alpha value is -3.73. The molecule has 0 radical (unpaired) electrons. The molecule has 2 N–H and O–H groups in total. The number of aryl methyl sites for hydroxylation is 1. The van der Waals surface area contributed by atoms with Gasteiger partial charge in [0.15, 0.2) is 0 Å². The van der Waals surface area contributed by atoms with Crippen LogP contribution in [0.5, 0.6) is 0 Å². The van der Waals surface area contributed by atoms with Gasteiger partial charge in [-0.25, -0.2) is 22.5 Å². The van der Waals surface area contributed by atoms with Crippen molar-refractivity contribution in [3.63, 3.8) is 0 Å². The summed E-state index contributed by atoms with van der Waals surface area (Å²) in [6.07, 6.45) is 2.83. The lowest BCUT2D eigenvalue weighted by Gasteiger charge is -2.08. The van der Waals surface area contributed by atoms with Gasteiger partial charge in [0.05, 0.1) is 22.7 Å². The average Bonchev–Trinajstić information content (AvgIpc) is 3.25. The quantitative estimate of drug-likeness (QED) is 0.473. The Morgan fingerprint density at radius 2 is 1.87 bits per heavy atom. The van der Waals surface area contributed by atoms with E-state index >= 15 is 0 Å². The molecule has 1 aromatic carbocycles. The molecule has 9 nitrogen and oxygen atoms in total. The number of pyridine rings is 1. The number of sulfonamides is 1. The third-order valence-electron chi connectivity index (χ3n) is 4.64. The normalized spacial score (nSPS) is 11.6. The standard InChI is InChI=1S/C20H18FN5O4S/c1-12-13(2)24-30-20(12)25-31(28,29)17-6-4-15(5-7-17)23-19(27)9-16-11-26-10-14(21)3-8-18(26)22-16/h3-8,10-11,25H,9H2,1-2H3,(H,23,27). The van der Waals surface area contributed by atoms with Crippen LogP contribution in [-0.4, -0.2) is 28.9 Å². The van der Waals surface area contributed by atoms with Crippen LogP contribution >= 0.6 is 0 Å². The number of imidazole rings is 1. The second-order valence-corrected chi connectivity index (χ2v) is 8.60. The van der Waals surface area contributed by atoms with E-state index in [1.54, 1.807) is 20.0 Å². The Bertz CT molecular complexity index is 1380. The van der Waals surface area contributed by atoms with Crippen molar-refractivity contribution in [3.05, 3.63) is 71.6 Å². The number of nitrogens with one attached hydrogen (secondary N) is 2. The molecule has 11 heteroatoms. The fourth-order valence-electron chi connectivity index (χ4n) is 2.88. The number of aromatic nitrogens is 3. The van der Waals surface area contributed by atoms with Crippen molar-refractivity contribution in [3.8, 4) is 0 Å². The molecule has 160 valence electrons. The molecule has 0 fully saturated rings. The molecule has 0 unspecified atom stereocenters. The van der Waals surface area contributed by atoms with E-state index in [0.29, 0.717) is 28.3 Å². The van der Waals surface area contributed by atoms with Gasteiger partial charge in [0.25, 0.3) is 10.0 Å². The highest BCUT2D eigenvalue weighted by Crippen LogP contribution is 2.22. The molecule has 0 bridgehead atoms. The minimum atomic E-state index is -3.87. The summed E-state index contributed by atoms with van der Waals surface area (Å²) in [6.45, 7) is 3.40. The van der Waals surface area contributed by atoms with E-state index in [0.717, 1.165) is 0 Å². The highest BCUT2D eigenvalue weighted by Gasteiger charge is 2.19. The number of rotatable bonds is 6. The highest BCUT2D eigenvalue weighted by atomic mass is 32.2. The lowest BCUT2D eigenvalue weighted by Crippen LogP contribution is -2.15. The molecule has 3 heterocycles. The van der Waals surface area contributed by atoms with E-state index in [1.807, 2.05) is 0 Å². The third-order valence-corrected chi connectivity index (χ3v) is 5.99. The summed E-state index contributed by atoms with van der Waals surface area (Å²) in [5.74, 6) is -0.688. The molecule has 0 saturated heterocycles. The van der Waals surface area contributed by atoms with Gasteiger partial charge in [0, 0.05) is 23.6 Å². The minimum Gasteiger partial charge on any atom is -0.337 e. The summed E-state index contributed by atoms with van der Waals surface area (Å²) in [7, 11) is -3.87. The zero-order valence-electron chi connectivity index (χ0n) is 16.6. The second-order valence-electron chi connectivity index (χ2n) is 6.92. The molecule has 0 aliphatic rings. The maximum Gasteiger partial charge on any atom is 0.264 e. The number of carbonyl (C=O) groups is 1. The number of carbonyl (C=O) groups excluding carboxylic acids is 1. The third kappa shape index (κ3) is 4.40. The molecule has 0 aliphatic heterocycles. The predicted octanol–water partition coefficient (Wildman–Crippen LogP) is 3.06. The summed E-state index contributed by atoms with van der Waals surface area (Å²) >= 11 is 0. The largest absolute Gasteiger partial charge is 0.337 e. The Kier molecular flexibility index (Phi) is 5.19. The van der Waals surface area contributed by atoms with Crippen LogP contribution in [0.3, 0.4) is 0 Å². The number of amides is 1. The number of fused-ring (bicyclic) bond motifs is 1. The van der Waals surface area contributed by atoms with E-state index in [9.17, 15) is 17.6 Å². The van der Waals surface area contributed by atoms with Crippen LogP contribution in [0, 0.1) is 19.7 Å². The Morgan fingerprint density at radius 3 is 2.55 bits per heavy atom. The number of hydrogen-bond donors (Lipinski definition) is 2. The van der Waals surface area contributed by atoms with Crippen LogP contribution in [0.1, 0.15) is 17.0 Å². The summed E-state index contributed by atoms with van der Waals surface area (Å²) in [5, 5.41) is 6.40. The monoisotopic (exact) mass is 443 g/mol. The Labute approximate surface area is 176 Å². The number of halogens is 1. The van der Waals surface area contributed by atoms with Crippen molar-refractivity contribution in [2.45, 2.75) is 25.2 Å². The number of anilines is 2. The van der Waals surface area contributed by atoms with Gasteiger partial charge in [-0.15, -0.1) is 0 Å². The van der Waals surface area contributed by atoms with Crippen molar-refractivity contribution >= 4 is 33.1 Å². The van der Waals surface area contributed by atoms with E-state index in [2.05, 4.69) is 20.2 Å². The first-order chi connectivity index (χ1) is 14.7. The molecule has 1 amide bonds. The molecule has 0 atom stereocenters. The van der Waals surface area contributed by atoms with Gasteiger partial charge in [-0.1, -0.05) is 5.16 Å². The van der Waals surface area contributed by atoms with Crippen molar-refractivity contribution in [2.24, 2.45) is 0 Å². The van der Waals surface area contributed by atoms with Crippen molar-refractivity contribution in [1.82, 2.24) is 14.5 Å². The molecular formula is C20H18FN5O4S. The fraction of sp³-hybridized carbons (Fsp3) is 0.150. The van der Waals surface area contributed by atoms with Crippen LogP contribution in [0.2, 0.25) is 0 Å². The molecule has 4 rings (SSSR count). The summed E-state index contributed by atoms with van der Waals surface area (Å²) in [6, 6.07) is 8.50. The maximum absolute atomic E-state index is 13.3. The molecule has 0 spiro atoms. The van der Waals surface area contributed by atoms with Gasteiger partial charge in [-0.3, -0.25) is 4.79 Å². The Balaban J connectivity index is 1.42. The lowest BCUT2D eigenvalue weighted by atomic mass is 10.3. The molecule has 0 aliphatic carbocycles. The molecule has 4 aromatic rings. The minimum absolute atomic E-state index is 0.00123. The van der Waals surface area contributed by atoms with Gasteiger partial charge in [0.1, 0.15) is 11.5 Å². The van der Waals surface area contributed by atoms with Crippen molar-refractivity contribution < 1.29 is 22.1 Å². The topological polar surface area (TPSA) is 119 Å². The fourth-order valence-corrected chi connectivity index (χ4v) is 3.93. The lowest BCUT2D eigenvalue weighted by molar-refractivity contribution is -0.115. The van der Waals surface area contributed by atoms with E-state index < -0.39 is 15.8 Å². The van der Waals surface area contributed by atoms with Crippen LogP contribution in [-0.2, 0) is 21.2 Å². The number of nitrogens with zero attached hydrogens (tertiary/aromatic N) is 3. The average molecular weight is 443 g/mol. The van der Waals surface area contributed by atoms with Gasteiger partial charge < -0.3 is 14.2 Å². The molecule has 0 saturated carbocycles. The summed E-state index contributed by atoms with van der Waals surface area (Å²) in [5.41, 5.74) is 2.62. The first-order valence-corrected chi connectivity index (χ1v) is 10.7. The van der Waals surface area contributed by atoms with Crippen LogP contribution < -0.4 is 10.0 Å². The van der Waals surface area contributed by atoms with Crippen LogP contribution in [0.15, 0.2) is 58.2 Å². The zero-order valence-corrected chi connectivity index (χ0v) is 17.4. The van der Waals surface area contributed by atoms with Gasteiger partial charge in [-0.2, -0.15) is 0 Å².